The van der Waals surface area contributed by atoms with Crippen LogP contribution in [-0.4, -0.2) is 29.1 Å². The van der Waals surface area contributed by atoms with E-state index < -0.39 is 0 Å². The third kappa shape index (κ3) is 1.85. The Hall–Kier alpha value is -1.28. The van der Waals surface area contributed by atoms with Gasteiger partial charge in [0.05, 0.1) is 0 Å². The van der Waals surface area contributed by atoms with E-state index in [1.165, 1.54) is 31.2 Å². The van der Waals surface area contributed by atoms with Crippen molar-refractivity contribution in [2.45, 2.75) is 37.1 Å². The lowest BCUT2D eigenvalue weighted by Gasteiger charge is -2.32. The first kappa shape index (κ1) is 11.8. The van der Waals surface area contributed by atoms with Crippen LogP contribution in [0.4, 0.5) is 0 Å². The fourth-order valence-electron chi connectivity index (χ4n) is 3.87. The van der Waals surface area contributed by atoms with E-state index in [1.807, 2.05) is 18.2 Å². The number of likely N-dealkylation sites (tertiary alicyclic amines) is 1. The van der Waals surface area contributed by atoms with Crippen molar-refractivity contribution in [3.63, 3.8) is 0 Å². The second kappa shape index (κ2) is 4.43. The molecule has 2 nitrogen and oxygen atoms in total. The Labute approximate surface area is 109 Å². The van der Waals surface area contributed by atoms with Gasteiger partial charge in [-0.05, 0) is 37.0 Å². The van der Waals surface area contributed by atoms with Gasteiger partial charge >= 0.3 is 0 Å². The van der Waals surface area contributed by atoms with Gasteiger partial charge in [-0.15, -0.1) is 6.58 Å². The molecule has 1 aliphatic heterocycles. The predicted octanol–water partition coefficient (Wildman–Crippen LogP) is 3.07. The second-order valence-electron chi connectivity index (χ2n) is 5.80. The Morgan fingerprint density at radius 1 is 1.50 bits per heavy atom. The molecule has 0 spiro atoms. The molecule has 2 atom stereocenters. The first-order valence-electron chi connectivity index (χ1n) is 6.88. The summed E-state index contributed by atoms with van der Waals surface area (Å²) in [7, 11) is 0. The highest BCUT2D eigenvalue weighted by Gasteiger charge is 2.46. The smallest absolute Gasteiger partial charge is 0.115 e. The maximum atomic E-state index is 9.71. The zero-order chi connectivity index (χ0) is 12.6. The highest BCUT2D eigenvalue weighted by molar-refractivity contribution is 5.35. The normalized spacial score (nSPS) is 31.4. The van der Waals surface area contributed by atoms with Crippen molar-refractivity contribution in [2.75, 3.05) is 13.1 Å². The lowest BCUT2D eigenvalue weighted by molar-refractivity contribution is 0.269. The summed E-state index contributed by atoms with van der Waals surface area (Å²) in [5, 5.41) is 9.71. The highest BCUT2D eigenvalue weighted by Crippen LogP contribution is 2.47. The van der Waals surface area contributed by atoms with Crippen LogP contribution < -0.4 is 0 Å². The number of benzene rings is 1. The number of aromatic hydroxyl groups is 1. The van der Waals surface area contributed by atoms with Gasteiger partial charge in [0.1, 0.15) is 5.75 Å². The molecule has 2 fully saturated rings. The molecular formula is C16H21NO. The van der Waals surface area contributed by atoms with E-state index in [2.05, 4.69) is 17.5 Å². The molecule has 0 radical (unpaired) electrons. The number of phenolic OH excluding ortho intramolecular Hbond substituents is 1. The number of hydrogen-bond donors (Lipinski definition) is 1. The van der Waals surface area contributed by atoms with Crippen LogP contribution in [0.2, 0.25) is 0 Å². The molecule has 1 saturated heterocycles. The number of hydrogen-bond acceptors (Lipinski definition) is 2. The van der Waals surface area contributed by atoms with Crippen molar-refractivity contribution >= 4 is 0 Å². The standard InChI is InChI=1S/C16H21NO/c1-2-9-17-12-16(8-4-6-14(17)11-16)13-5-3-7-15(18)10-13/h2-3,5,7,10,14,18H,1,4,6,8-9,11-12H2. The average molecular weight is 243 g/mol. The van der Waals surface area contributed by atoms with Crippen LogP contribution >= 0.6 is 0 Å². The maximum Gasteiger partial charge on any atom is 0.115 e. The molecule has 1 N–H and O–H groups in total. The molecule has 2 bridgehead atoms. The van der Waals surface area contributed by atoms with Gasteiger partial charge in [-0.1, -0.05) is 24.6 Å². The first-order chi connectivity index (χ1) is 8.73. The molecular weight excluding hydrogens is 222 g/mol. The molecule has 2 heteroatoms. The summed E-state index contributed by atoms with van der Waals surface area (Å²) < 4.78 is 0. The largest absolute Gasteiger partial charge is 0.508 e. The predicted molar refractivity (Wildman–Crippen MR) is 73.8 cm³/mol. The lowest BCUT2D eigenvalue weighted by Crippen LogP contribution is -2.30. The van der Waals surface area contributed by atoms with Crippen molar-refractivity contribution < 1.29 is 5.11 Å². The van der Waals surface area contributed by atoms with Gasteiger partial charge in [0, 0.05) is 24.5 Å². The van der Waals surface area contributed by atoms with Crippen LogP contribution in [0.1, 0.15) is 31.2 Å². The van der Waals surface area contributed by atoms with E-state index >= 15 is 0 Å². The summed E-state index contributed by atoms with van der Waals surface area (Å²) in [4.78, 5) is 2.56. The van der Waals surface area contributed by atoms with Gasteiger partial charge in [-0.2, -0.15) is 0 Å². The molecule has 1 aliphatic carbocycles. The molecule has 1 aromatic carbocycles. The molecule has 1 aromatic rings. The van der Waals surface area contributed by atoms with Crippen LogP contribution in [0.15, 0.2) is 36.9 Å². The third-order valence-corrected chi connectivity index (χ3v) is 4.66. The van der Waals surface area contributed by atoms with Crippen LogP contribution in [-0.2, 0) is 5.41 Å². The molecule has 96 valence electrons. The monoisotopic (exact) mass is 243 g/mol. The van der Waals surface area contributed by atoms with Crippen molar-refractivity contribution in [1.82, 2.24) is 4.90 Å². The summed E-state index contributed by atoms with van der Waals surface area (Å²) in [6.07, 6.45) is 7.12. The van der Waals surface area contributed by atoms with Gasteiger partial charge in [-0.3, -0.25) is 4.90 Å². The maximum absolute atomic E-state index is 9.71. The van der Waals surface area contributed by atoms with Crippen LogP contribution in [0.25, 0.3) is 0 Å². The molecule has 18 heavy (non-hydrogen) atoms. The van der Waals surface area contributed by atoms with Gasteiger partial charge in [0.25, 0.3) is 0 Å². The fraction of sp³-hybridized carbons (Fsp3) is 0.500. The molecule has 2 aliphatic rings. The van der Waals surface area contributed by atoms with E-state index in [4.69, 9.17) is 0 Å². The van der Waals surface area contributed by atoms with E-state index in [0.29, 0.717) is 11.8 Å². The summed E-state index contributed by atoms with van der Waals surface area (Å²) in [5.74, 6) is 0.395. The molecule has 2 unspecified atom stereocenters. The fourth-order valence-corrected chi connectivity index (χ4v) is 3.87. The Morgan fingerprint density at radius 2 is 2.39 bits per heavy atom. The number of fused-ring (bicyclic) bond motifs is 2. The number of nitrogens with zero attached hydrogens (tertiary/aromatic N) is 1. The summed E-state index contributed by atoms with van der Waals surface area (Å²) in [6.45, 7) is 5.98. The molecule has 3 rings (SSSR count). The van der Waals surface area contributed by atoms with Gasteiger partial charge < -0.3 is 5.11 Å². The zero-order valence-corrected chi connectivity index (χ0v) is 10.8. The van der Waals surface area contributed by atoms with Gasteiger partial charge in [0.2, 0.25) is 0 Å². The Morgan fingerprint density at radius 3 is 3.17 bits per heavy atom. The summed E-state index contributed by atoms with van der Waals surface area (Å²) in [6, 6.07) is 8.58. The van der Waals surface area contributed by atoms with Crippen molar-refractivity contribution in [1.29, 1.82) is 0 Å². The van der Waals surface area contributed by atoms with E-state index in [9.17, 15) is 5.11 Å². The molecule has 1 heterocycles. The topological polar surface area (TPSA) is 23.5 Å². The highest BCUT2D eigenvalue weighted by atomic mass is 16.3. The van der Waals surface area contributed by atoms with Crippen molar-refractivity contribution in [2.24, 2.45) is 0 Å². The quantitative estimate of drug-likeness (QED) is 0.825. The third-order valence-electron chi connectivity index (χ3n) is 4.66. The Bertz CT molecular complexity index is 456. The van der Waals surface area contributed by atoms with E-state index in [0.717, 1.165) is 13.1 Å². The average Bonchev–Trinajstić information content (AvgIpc) is 2.62. The molecule has 1 saturated carbocycles. The Balaban J connectivity index is 1.92. The van der Waals surface area contributed by atoms with Gasteiger partial charge in [0.15, 0.2) is 0 Å². The van der Waals surface area contributed by atoms with Crippen LogP contribution in [0, 0.1) is 0 Å². The Kier molecular flexibility index (Phi) is 2.90. The zero-order valence-electron chi connectivity index (χ0n) is 10.8. The summed E-state index contributed by atoms with van der Waals surface area (Å²) >= 11 is 0. The second-order valence-corrected chi connectivity index (χ2v) is 5.80. The SMILES string of the molecule is C=CCN1CC2(c3cccc(O)c3)CCCC1C2. The van der Waals surface area contributed by atoms with E-state index in [-0.39, 0.29) is 5.41 Å². The van der Waals surface area contributed by atoms with Crippen LogP contribution in [0.5, 0.6) is 5.75 Å². The number of rotatable bonds is 3. The van der Waals surface area contributed by atoms with Crippen molar-refractivity contribution in [3.8, 4) is 5.75 Å². The molecule has 0 aromatic heterocycles. The minimum Gasteiger partial charge on any atom is -0.508 e. The van der Waals surface area contributed by atoms with E-state index in [1.54, 1.807) is 6.07 Å². The van der Waals surface area contributed by atoms with Crippen LogP contribution in [0.3, 0.4) is 0 Å². The first-order valence-corrected chi connectivity index (χ1v) is 6.88. The molecule has 0 amide bonds. The minimum absolute atomic E-state index is 0.269. The van der Waals surface area contributed by atoms with Gasteiger partial charge in [-0.25, -0.2) is 0 Å². The summed E-state index contributed by atoms with van der Waals surface area (Å²) in [5.41, 5.74) is 1.59. The minimum atomic E-state index is 0.269. The van der Waals surface area contributed by atoms with Crippen molar-refractivity contribution in [3.05, 3.63) is 42.5 Å². The lowest BCUT2D eigenvalue weighted by atomic mass is 9.71. The number of phenols is 1.